The number of anilines is 1. The van der Waals surface area contributed by atoms with Gasteiger partial charge in [-0.2, -0.15) is 0 Å². The van der Waals surface area contributed by atoms with Crippen LogP contribution in [0, 0.1) is 5.82 Å². The van der Waals surface area contributed by atoms with Crippen molar-refractivity contribution in [2.75, 3.05) is 17.1 Å². The number of amides is 2. The minimum absolute atomic E-state index is 0.00276. The number of carbonyl (C=O) groups is 2. The molecule has 0 aromatic heterocycles. The molecule has 2 amide bonds. The highest BCUT2D eigenvalue weighted by atomic mass is 35.5. The highest BCUT2D eigenvalue weighted by Crippen LogP contribution is 2.27. The Bertz CT molecular complexity index is 1470. The summed E-state index contributed by atoms with van der Waals surface area (Å²) in [5.74, 6) is -1.82. The average Bonchev–Trinajstić information content (AvgIpc) is 2.88. The van der Waals surface area contributed by atoms with E-state index in [0.717, 1.165) is 28.3 Å². The first-order valence-corrected chi connectivity index (χ1v) is 15.2. The van der Waals surface area contributed by atoms with E-state index in [1.54, 1.807) is 32.0 Å². The molecule has 0 bridgehead atoms. The SMILES string of the molecule is CC(C)NC(=O)[C@@H](Cc1ccccc1)N(Cc1ccc(Cl)c(Cl)c1)C(=O)CN(c1ccc(F)c(Cl)c1)S(C)(=O)=O. The third-order valence-corrected chi connectivity index (χ3v) is 8.08. The summed E-state index contributed by atoms with van der Waals surface area (Å²) < 4.78 is 40.2. The molecular weight excluding hydrogens is 600 g/mol. The second-order valence-corrected chi connectivity index (χ2v) is 12.6. The minimum atomic E-state index is -4.02. The van der Waals surface area contributed by atoms with E-state index in [1.807, 2.05) is 30.3 Å². The number of sulfonamides is 1. The van der Waals surface area contributed by atoms with Crippen LogP contribution in [0.5, 0.6) is 0 Å². The molecule has 0 radical (unpaired) electrons. The Morgan fingerprint density at radius 1 is 0.900 bits per heavy atom. The second kappa shape index (κ2) is 13.7. The van der Waals surface area contributed by atoms with E-state index in [-0.39, 0.29) is 34.7 Å². The van der Waals surface area contributed by atoms with E-state index in [1.165, 1.54) is 11.0 Å². The fraction of sp³-hybridized carbons (Fsp3) is 0.286. The van der Waals surface area contributed by atoms with Crippen molar-refractivity contribution < 1.29 is 22.4 Å². The molecule has 0 heterocycles. The number of hydrogen-bond acceptors (Lipinski definition) is 4. The molecule has 7 nitrogen and oxygen atoms in total. The number of hydrogen-bond donors (Lipinski definition) is 1. The number of nitrogens with zero attached hydrogens (tertiary/aromatic N) is 2. The first kappa shape index (κ1) is 31.7. The lowest BCUT2D eigenvalue weighted by Gasteiger charge is -2.34. The maximum Gasteiger partial charge on any atom is 0.244 e. The van der Waals surface area contributed by atoms with Crippen LogP contribution >= 0.6 is 34.8 Å². The Kier molecular flexibility index (Phi) is 10.8. The first-order valence-electron chi connectivity index (χ1n) is 12.3. The third kappa shape index (κ3) is 8.57. The zero-order valence-electron chi connectivity index (χ0n) is 22.1. The molecule has 3 aromatic rings. The van der Waals surface area contributed by atoms with Crippen LogP contribution in [-0.4, -0.2) is 50.0 Å². The molecule has 12 heteroatoms. The monoisotopic (exact) mass is 627 g/mol. The van der Waals surface area contributed by atoms with Crippen LogP contribution in [0.25, 0.3) is 0 Å². The van der Waals surface area contributed by atoms with Gasteiger partial charge in [0.05, 0.1) is 27.0 Å². The fourth-order valence-electron chi connectivity index (χ4n) is 4.02. The Morgan fingerprint density at radius 2 is 1.57 bits per heavy atom. The highest BCUT2D eigenvalue weighted by molar-refractivity contribution is 7.92. The molecule has 0 unspecified atom stereocenters. The van der Waals surface area contributed by atoms with Crippen LogP contribution in [0.15, 0.2) is 66.7 Å². The summed E-state index contributed by atoms with van der Waals surface area (Å²) >= 11 is 18.2. The Morgan fingerprint density at radius 3 is 2.15 bits per heavy atom. The zero-order chi connectivity index (χ0) is 29.6. The van der Waals surface area contributed by atoms with Crippen molar-refractivity contribution in [1.82, 2.24) is 10.2 Å². The molecule has 0 saturated heterocycles. The normalized spacial score (nSPS) is 12.2. The molecule has 0 saturated carbocycles. The molecule has 214 valence electrons. The van der Waals surface area contributed by atoms with Crippen LogP contribution < -0.4 is 9.62 Å². The van der Waals surface area contributed by atoms with Gasteiger partial charge >= 0.3 is 0 Å². The number of nitrogens with one attached hydrogen (secondary N) is 1. The van der Waals surface area contributed by atoms with Gasteiger partial charge in [-0.15, -0.1) is 0 Å². The number of benzene rings is 3. The van der Waals surface area contributed by atoms with Gasteiger partial charge in [-0.25, -0.2) is 12.8 Å². The van der Waals surface area contributed by atoms with Gasteiger partial charge in [0, 0.05) is 19.0 Å². The maximum absolute atomic E-state index is 14.0. The van der Waals surface area contributed by atoms with Gasteiger partial charge in [0.2, 0.25) is 21.8 Å². The van der Waals surface area contributed by atoms with Crippen molar-refractivity contribution in [1.29, 1.82) is 0 Å². The lowest BCUT2D eigenvalue weighted by atomic mass is 10.0. The van der Waals surface area contributed by atoms with Crippen LogP contribution in [0.3, 0.4) is 0 Å². The fourth-order valence-corrected chi connectivity index (χ4v) is 5.36. The van der Waals surface area contributed by atoms with E-state index >= 15 is 0 Å². The molecule has 1 N–H and O–H groups in total. The van der Waals surface area contributed by atoms with Gasteiger partial charge in [0.15, 0.2) is 0 Å². The van der Waals surface area contributed by atoms with Crippen molar-refractivity contribution in [2.45, 2.75) is 38.9 Å². The first-order chi connectivity index (χ1) is 18.8. The van der Waals surface area contributed by atoms with Crippen molar-refractivity contribution in [3.05, 3.63) is 98.7 Å². The number of halogens is 4. The summed E-state index contributed by atoms with van der Waals surface area (Å²) in [5.41, 5.74) is 1.38. The Hall–Kier alpha value is -2.85. The van der Waals surface area contributed by atoms with Crippen molar-refractivity contribution >= 4 is 62.3 Å². The standard InChI is InChI=1S/C28H29Cl3FN3O4S/c1-18(2)33-28(37)26(14-19-7-5-4-6-8-19)34(16-20-9-11-22(29)23(30)13-20)27(36)17-35(40(3,38)39)21-10-12-25(32)24(31)15-21/h4-13,15,18,26H,14,16-17H2,1-3H3,(H,33,37)/t26-/m1/s1. The van der Waals surface area contributed by atoms with E-state index in [9.17, 15) is 22.4 Å². The van der Waals surface area contributed by atoms with Gasteiger partial charge in [0.25, 0.3) is 0 Å². The van der Waals surface area contributed by atoms with Gasteiger partial charge < -0.3 is 10.2 Å². The number of rotatable bonds is 11. The average molecular weight is 629 g/mol. The maximum atomic E-state index is 14.0. The number of carbonyl (C=O) groups excluding carboxylic acids is 2. The lowest BCUT2D eigenvalue weighted by Crippen LogP contribution is -2.54. The quantitative estimate of drug-likeness (QED) is 0.295. The van der Waals surface area contributed by atoms with Gasteiger partial charge in [0.1, 0.15) is 18.4 Å². The van der Waals surface area contributed by atoms with Crippen LogP contribution in [0.1, 0.15) is 25.0 Å². The molecule has 0 spiro atoms. The van der Waals surface area contributed by atoms with Gasteiger partial charge in [-0.3, -0.25) is 13.9 Å². The van der Waals surface area contributed by atoms with Crippen LogP contribution in [0.4, 0.5) is 10.1 Å². The summed E-state index contributed by atoms with van der Waals surface area (Å²) in [6, 6.07) is 16.1. The predicted molar refractivity (Wildman–Crippen MR) is 158 cm³/mol. The third-order valence-electron chi connectivity index (χ3n) is 5.91. The second-order valence-electron chi connectivity index (χ2n) is 9.51. The van der Waals surface area contributed by atoms with Crippen molar-refractivity contribution in [3.8, 4) is 0 Å². The van der Waals surface area contributed by atoms with Crippen LogP contribution in [-0.2, 0) is 32.6 Å². The molecular formula is C28H29Cl3FN3O4S. The Labute approximate surface area is 248 Å². The zero-order valence-corrected chi connectivity index (χ0v) is 25.2. The van der Waals surface area contributed by atoms with Crippen molar-refractivity contribution in [2.24, 2.45) is 0 Å². The van der Waals surface area contributed by atoms with Crippen molar-refractivity contribution in [3.63, 3.8) is 0 Å². The van der Waals surface area contributed by atoms with E-state index in [2.05, 4.69) is 5.32 Å². The lowest BCUT2D eigenvalue weighted by molar-refractivity contribution is -0.140. The summed E-state index contributed by atoms with van der Waals surface area (Å²) in [4.78, 5) is 28.8. The van der Waals surface area contributed by atoms with Crippen LogP contribution in [0.2, 0.25) is 15.1 Å². The van der Waals surface area contributed by atoms with Gasteiger partial charge in [-0.1, -0.05) is 71.2 Å². The van der Waals surface area contributed by atoms with Gasteiger partial charge in [-0.05, 0) is 55.3 Å². The molecule has 0 aliphatic rings. The largest absolute Gasteiger partial charge is 0.352 e. The summed E-state index contributed by atoms with van der Waals surface area (Å²) in [6.45, 7) is 2.86. The molecule has 0 fully saturated rings. The minimum Gasteiger partial charge on any atom is -0.352 e. The Balaban J connectivity index is 2.08. The van der Waals surface area contributed by atoms with E-state index in [0.29, 0.717) is 10.6 Å². The van der Waals surface area contributed by atoms with E-state index < -0.39 is 40.2 Å². The molecule has 0 aliphatic carbocycles. The predicted octanol–water partition coefficient (Wildman–Crippen LogP) is 5.72. The smallest absolute Gasteiger partial charge is 0.244 e. The molecule has 40 heavy (non-hydrogen) atoms. The summed E-state index contributed by atoms with van der Waals surface area (Å²) in [5, 5.41) is 3.14. The summed E-state index contributed by atoms with van der Waals surface area (Å²) in [7, 11) is -4.02. The molecule has 3 aromatic carbocycles. The molecule has 0 aliphatic heterocycles. The molecule has 1 atom stereocenters. The van der Waals surface area contributed by atoms with E-state index in [4.69, 9.17) is 34.8 Å². The highest BCUT2D eigenvalue weighted by Gasteiger charge is 2.33. The summed E-state index contributed by atoms with van der Waals surface area (Å²) in [6.07, 6.45) is 1.08. The topological polar surface area (TPSA) is 86.8 Å². The molecule has 3 rings (SSSR count).